The molecular weight excluding hydrogens is 328 g/mol. The molecule has 0 bridgehead atoms. The van der Waals surface area contributed by atoms with Crippen molar-refractivity contribution in [3.8, 4) is 0 Å². The summed E-state index contributed by atoms with van der Waals surface area (Å²) in [5.74, 6) is 0.0530. The minimum atomic E-state index is -3.12. The molecule has 7 heteroatoms. The minimum Gasteiger partial charge on any atom is -0.375 e. The average Bonchev–Trinajstić information content (AvgIpc) is 2.85. The van der Waals surface area contributed by atoms with Gasteiger partial charge < -0.3 is 9.64 Å². The van der Waals surface area contributed by atoms with Crippen LogP contribution >= 0.6 is 0 Å². The van der Waals surface area contributed by atoms with Crippen molar-refractivity contribution >= 4 is 15.7 Å². The Kier molecular flexibility index (Phi) is 4.94. The summed E-state index contributed by atoms with van der Waals surface area (Å²) in [5, 5.41) is 0. The third-order valence-electron chi connectivity index (χ3n) is 4.89. The van der Waals surface area contributed by atoms with Gasteiger partial charge in [-0.25, -0.2) is 8.42 Å². The highest BCUT2D eigenvalue weighted by atomic mass is 32.2. The fourth-order valence-electron chi connectivity index (χ4n) is 3.67. The van der Waals surface area contributed by atoms with E-state index in [1.807, 2.05) is 6.92 Å². The maximum absolute atomic E-state index is 12.2. The molecule has 0 aromatic heterocycles. The Balaban J connectivity index is 1.79. The highest BCUT2D eigenvalue weighted by molar-refractivity contribution is 7.91. The summed E-state index contributed by atoms with van der Waals surface area (Å²) >= 11 is 0. The van der Waals surface area contributed by atoms with Gasteiger partial charge in [-0.1, -0.05) is 29.8 Å². The lowest BCUT2D eigenvalue weighted by atomic mass is 10.0. The van der Waals surface area contributed by atoms with Crippen molar-refractivity contribution in [3.63, 3.8) is 0 Å². The second-order valence-corrected chi connectivity index (χ2v) is 8.84. The van der Waals surface area contributed by atoms with Crippen molar-refractivity contribution in [3.05, 3.63) is 35.4 Å². The molecule has 2 saturated heterocycles. The molecule has 0 unspecified atom stereocenters. The number of aryl methyl sites for hydroxylation is 1. The molecule has 6 nitrogen and oxygen atoms in total. The first-order valence-electron chi connectivity index (χ1n) is 8.18. The fraction of sp³-hybridized carbons (Fsp3) is 0.588. The van der Waals surface area contributed by atoms with E-state index in [1.165, 1.54) is 18.2 Å². The van der Waals surface area contributed by atoms with Gasteiger partial charge >= 0.3 is 0 Å². The zero-order valence-corrected chi connectivity index (χ0v) is 15.0. The van der Waals surface area contributed by atoms with Crippen molar-refractivity contribution in [1.82, 2.24) is 9.80 Å². The summed E-state index contributed by atoms with van der Waals surface area (Å²) in [6.45, 7) is 3.98. The zero-order valence-electron chi connectivity index (χ0n) is 14.1. The fourth-order valence-corrected chi connectivity index (χ4v) is 5.68. The van der Waals surface area contributed by atoms with E-state index in [4.69, 9.17) is 4.74 Å². The van der Waals surface area contributed by atoms with Crippen molar-refractivity contribution < 1.29 is 17.9 Å². The number of piperazine rings is 1. The molecule has 24 heavy (non-hydrogen) atoms. The smallest absolute Gasteiger partial charge is 0.248 e. The molecule has 1 amide bonds. The Morgan fingerprint density at radius 1 is 1.17 bits per heavy atom. The van der Waals surface area contributed by atoms with Gasteiger partial charge in [0.15, 0.2) is 9.84 Å². The molecule has 2 heterocycles. The number of benzene rings is 1. The summed E-state index contributed by atoms with van der Waals surface area (Å²) in [6.07, 6.45) is 0. The monoisotopic (exact) mass is 352 g/mol. The normalized spacial score (nSPS) is 26.3. The van der Waals surface area contributed by atoms with E-state index >= 15 is 0 Å². The highest BCUT2D eigenvalue weighted by Crippen LogP contribution is 2.28. The zero-order chi connectivity index (χ0) is 17.3. The number of carbonyl (C=O) groups is 1. The number of amides is 1. The van der Waals surface area contributed by atoms with E-state index in [2.05, 4.69) is 29.2 Å². The number of sulfone groups is 1. The molecule has 0 N–H and O–H groups in total. The summed E-state index contributed by atoms with van der Waals surface area (Å²) in [7, 11) is -1.64. The number of methoxy groups -OCH3 is 1. The first-order chi connectivity index (χ1) is 11.4. The lowest BCUT2D eigenvalue weighted by Gasteiger charge is -2.43. The number of carbonyl (C=O) groups excluding carboxylic acids is 1. The van der Waals surface area contributed by atoms with Gasteiger partial charge in [-0.05, 0) is 12.5 Å². The predicted molar refractivity (Wildman–Crippen MR) is 91.4 cm³/mol. The predicted octanol–water partition coefficient (Wildman–Crippen LogP) is 0.451. The molecule has 0 spiro atoms. The Bertz CT molecular complexity index is 702. The lowest BCUT2D eigenvalue weighted by Crippen LogP contribution is -2.60. The molecule has 2 atom stereocenters. The number of hydrogen-bond donors (Lipinski definition) is 0. The minimum absolute atomic E-state index is 0.00122. The van der Waals surface area contributed by atoms with Gasteiger partial charge in [0.1, 0.15) is 6.61 Å². The van der Waals surface area contributed by atoms with Crippen LogP contribution in [0, 0.1) is 6.92 Å². The number of rotatable bonds is 4. The van der Waals surface area contributed by atoms with Crippen LogP contribution in [0.3, 0.4) is 0 Å². The van der Waals surface area contributed by atoms with Crippen molar-refractivity contribution in [2.24, 2.45) is 0 Å². The maximum atomic E-state index is 12.2. The summed E-state index contributed by atoms with van der Waals surface area (Å²) < 4.78 is 29.3. The Morgan fingerprint density at radius 2 is 1.83 bits per heavy atom. The molecule has 0 saturated carbocycles. The van der Waals surface area contributed by atoms with E-state index < -0.39 is 9.84 Å². The van der Waals surface area contributed by atoms with Crippen molar-refractivity contribution in [1.29, 1.82) is 0 Å². The summed E-state index contributed by atoms with van der Waals surface area (Å²) in [4.78, 5) is 16.1. The topological polar surface area (TPSA) is 66.9 Å². The maximum Gasteiger partial charge on any atom is 0.248 e. The quantitative estimate of drug-likeness (QED) is 0.787. The molecular formula is C17H24N2O4S. The van der Waals surface area contributed by atoms with E-state index in [0.717, 1.165) is 0 Å². The van der Waals surface area contributed by atoms with Crippen LogP contribution in [-0.4, -0.2) is 74.5 Å². The SMILES string of the molecule is COCC(=O)N1CCN(Cc2ccc(C)cc2)[C@H]2CS(=O)(=O)C[C@H]21. The number of ether oxygens (including phenoxy) is 1. The molecule has 1 aromatic carbocycles. The van der Waals surface area contributed by atoms with E-state index in [0.29, 0.717) is 19.6 Å². The molecule has 2 fully saturated rings. The van der Waals surface area contributed by atoms with Crippen LogP contribution in [0.5, 0.6) is 0 Å². The van der Waals surface area contributed by atoms with Gasteiger partial charge in [-0.15, -0.1) is 0 Å². The van der Waals surface area contributed by atoms with Crippen LogP contribution in [-0.2, 0) is 25.9 Å². The molecule has 3 rings (SSSR count). The third kappa shape index (κ3) is 3.63. The van der Waals surface area contributed by atoms with Gasteiger partial charge in [0.05, 0.1) is 17.5 Å². The first-order valence-corrected chi connectivity index (χ1v) is 10.0. The lowest BCUT2D eigenvalue weighted by molar-refractivity contribution is -0.141. The molecule has 132 valence electrons. The van der Waals surface area contributed by atoms with Crippen LogP contribution in [0.25, 0.3) is 0 Å². The first kappa shape index (κ1) is 17.4. The van der Waals surface area contributed by atoms with E-state index in [1.54, 1.807) is 4.90 Å². The van der Waals surface area contributed by atoms with Crippen LogP contribution in [0.2, 0.25) is 0 Å². The van der Waals surface area contributed by atoms with E-state index in [9.17, 15) is 13.2 Å². The second kappa shape index (κ2) is 6.82. The van der Waals surface area contributed by atoms with E-state index in [-0.39, 0.29) is 36.1 Å². The number of nitrogens with zero attached hydrogens (tertiary/aromatic N) is 2. The number of hydrogen-bond acceptors (Lipinski definition) is 5. The second-order valence-electron chi connectivity index (χ2n) is 6.69. The highest BCUT2D eigenvalue weighted by Gasteiger charge is 2.47. The van der Waals surface area contributed by atoms with Crippen LogP contribution in [0.15, 0.2) is 24.3 Å². The Labute approximate surface area is 143 Å². The number of fused-ring (bicyclic) bond motifs is 1. The van der Waals surface area contributed by atoms with Gasteiger partial charge in [-0.3, -0.25) is 9.69 Å². The van der Waals surface area contributed by atoms with Crippen LogP contribution in [0.4, 0.5) is 0 Å². The van der Waals surface area contributed by atoms with Gasteiger partial charge in [0.2, 0.25) is 5.91 Å². The molecule has 2 aliphatic rings. The van der Waals surface area contributed by atoms with Crippen molar-refractivity contribution in [2.75, 3.05) is 38.3 Å². The largest absolute Gasteiger partial charge is 0.375 e. The van der Waals surface area contributed by atoms with Crippen LogP contribution in [0.1, 0.15) is 11.1 Å². The van der Waals surface area contributed by atoms with Gasteiger partial charge in [0, 0.05) is 32.8 Å². The summed E-state index contributed by atoms with van der Waals surface area (Å²) in [5.41, 5.74) is 2.37. The van der Waals surface area contributed by atoms with Gasteiger partial charge in [-0.2, -0.15) is 0 Å². The van der Waals surface area contributed by atoms with Crippen LogP contribution < -0.4 is 0 Å². The Hall–Kier alpha value is -1.44. The van der Waals surface area contributed by atoms with Crippen molar-refractivity contribution in [2.45, 2.75) is 25.6 Å². The summed E-state index contributed by atoms with van der Waals surface area (Å²) in [6, 6.07) is 7.89. The Morgan fingerprint density at radius 3 is 2.50 bits per heavy atom. The molecule has 1 aromatic rings. The van der Waals surface area contributed by atoms with Gasteiger partial charge in [0.25, 0.3) is 0 Å². The molecule has 2 aliphatic heterocycles. The third-order valence-corrected chi connectivity index (χ3v) is 6.58. The average molecular weight is 352 g/mol. The molecule has 0 radical (unpaired) electrons. The molecule has 0 aliphatic carbocycles. The standard InChI is InChI=1S/C17H24N2O4S/c1-13-3-5-14(6-4-13)9-18-7-8-19(17(20)10-23-2)16-12-24(21,22)11-15(16)18/h3-6,15-16H,7-12H2,1-2H3/t15-,16+/m0/s1.